The van der Waals surface area contributed by atoms with Crippen molar-refractivity contribution in [1.29, 1.82) is 0 Å². The van der Waals surface area contributed by atoms with E-state index in [2.05, 4.69) is 19.1 Å². The molecule has 0 aliphatic heterocycles. The minimum atomic E-state index is -2.63. The molecule has 1 aromatic carbocycles. The normalized spacial score (nSPS) is 11.7. The zero-order chi connectivity index (χ0) is 13.8. The molecule has 0 N–H and O–H groups in total. The van der Waals surface area contributed by atoms with Crippen LogP contribution in [0.3, 0.4) is 0 Å². The molecule has 1 rings (SSSR count). The first-order valence-electron chi connectivity index (χ1n) is 5.81. The van der Waals surface area contributed by atoms with Crippen LogP contribution in [0.1, 0.15) is 16.7 Å². The van der Waals surface area contributed by atoms with E-state index in [1.54, 1.807) is 28.4 Å². The van der Waals surface area contributed by atoms with Crippen molar-refractivity contribution in [3.8, 4) is 5.75 Å². The summed E-state index contributed by atoms with van der Waals surface area (Å²) in [5, 5.41) is 0. The number of aryl methyl sites for hydroxylation is 2. The Balaban J connectivity index is 3.16. The third kappa shape index (κ3) is 3.11. The largest absolute Gasteiger partial charge is 0.504 e. The highest BCUT2D eigenvalue weighted by Gasteiger charge is 2.39. The molecule has 0 saturated heterocycles. The first-order valence-corrected chi connectivity index (χ1v) is 7.74. The molecule has 0 radical (unpaired) electrons. The average Bonchev–Trinajstić information content (AvgIpc) is 2.35. The van der Waals surface area contributed by atoms with E-state index >= 15 is 0 Å². The predicted octanol–water partition coefficient (Wildman–Crippen LogP) is 2.27. The molecular formula is C13H22O4Si. The van der Waals surface area contributed by atoms with E-state index in [4.69, 9.17) is 18.0 Å². The van der Waals surface area contributed by atoms with E-state index in [1.165, 1.54) is 5.56 Å². The molecule has 1 aromatic rings. The van der Waals surface area contributed by atoms with Crippen molar-refractivity contribution in [3.63, 3.8) is 0 Å². The van der Waals surface area contributed by atoms with Gasteiger partial charge in [-0.1, -0.05) is 17.7 Å². The molecule has 0 spiro atoms. The van der Waals surface area contributed by atoms with Crippen molar-refractivity contribution in [1.82, 2.24) is 0 Å². The molecule has 0 unspecified atom stereocenters. The van der Waals surface area contributed by atoms with Gasteiger partial charge in [-0.15, -0.1) is 0 Å². The third-order valence-corrected chi connectivity index (χ3v) is 5.72. The summed E-state index contributed by atoms with van der Waals surface area (Å²) >= 11 is 0. The number of hydrogen-bond acceptors (Lipinski definition) is 4. The molecule has 0 aliphatic rings. The average molecular weight is 270 g/mol. The van der Waals surface area contributed by atoms with Crippen LogP contribution in [0.25, 0.3) is 0 Å². The van der Waals surface area contributed by atoms with Gasteiger partial charge in [0.1, 0.15) is 5.75 Å². The van der Waals surface area contributed by atoms with Gasteiger partial charge in [-0.3, -0.25) is 0 Å². The fourth-order valence-electron chi connectivity index (χ4n) is 2.17. The van der Waals surface area contributed by atoms with Crippen LogP contribution in [-0.4, -0.2) is 37.2 Å². The van der Waals surface area contributed by atoms with Crippen LogP contribution in [0.4, 0.5) is 0 Å². The Morgan fingerprint density at radius 2 is 1.50 bits per heavy atom. The number of methoxy groups -OCH3 is 1. The third-order valence-electron chi connectivity index (χ3n) is 3.04. The minimum Gasteiger partial charge on any atom is -0.496 e. The highest BCUT2D eigenvalue weighted by molar-refractivity contribution is 6.60. The van der Waals surface area contributed by atoms with Gasteiger partial charge in [-0.05, 0) is 25.0 Å². The van der Waals surface area contributed by atoms with Crippen molar-refractivity contribution < 1.29 is 18.0 Å². The lowest BCUT2D eigenvalue weighted by Crippen LogP contribution is -2.45. The van der Waals surface area contributed by atoms with Crippen molar-refractivity contribution in [2.75, 3.05) is 28.4 Å². The number of hydrogen-bond donors (Lipinski definition) is 0. The maximum atomic E-state index is 5.47. The van der Waals surface area contributed by atoms with Crippen molar-refractivity contribution in [2.24, 2.45) is 0 Å². The van der Waals surface area contributed by atoms with Gasteiger partial charge in [0, 0.05) is 27.4 Å². The van der Waals surface area contributed by atoms with Crippen molar-refractivity contribution in [2.45, 2.75) is 19.9 Å². The number of benzene rings is 1. The van der Waals surface area contributed by atoms with E-state index in [9.17, 15) is 0 Å². The van der Waals surface area contributed by atoms with E-state index in [0.717, 1.165) is 16.9 Å². The molecule has 0 fully saturated rings. The van der Waals surface area contributed by atoms with Crippen molar-refractivity contribution >= 4 is 8.80 Å². The maximum Gasteiger partial charge on any atom is 0.504 e. The van der Waals surface area contributed by atoms with E-state index in [0.29, 0.717) is 6.04 Å². The topological polar surface area (TPSA) is 36.9 Å². The molecular weight excluding hydrogens is 248 g/mol. The molecule has 0 saturated carbocycles. The van der Waals surface area contributed by atoms with Gasteiger partial charge in [0.2, 0.25) is 0 Å². The summed E-state index contributed by atoms with van der Waals surface area (Å²) in [7, 11) is 3.90. The van der Waals surface area contributed by atoms with Gasteiger partial charge in [0.15, 0.2) is 0 Å². The van der Waals surface area contributed by atoms with E-state index in [-0.39, 0.29) is 0 Å². The van der Waals surface area contributed by atoms with Gasteiger partial charge >= 0.3 is 8.80 Å². The molecule has 0 amide bonds. The molecule has 0 atom stereocenters. The molecule has 0 aliphatic carbocycles. The standard InChI is InChI=1S/C13H22O4Si/c1-10-7-11(2)13(14-3)12(8-10)9-18(15-4,16-5)17-6/h7-8H,9H2,1-6H3. The predicted molar refractivity (Wildman–Crippen MR) is 73.0 cm³/mol. The monoisotopic (exact) mass is 270 g/mol. The quantitative estimate of drug-likeness (QED) is 0.743. The van der Waals surface area contributed by atoms with E-state index in [1.807, 2.05) is 6.92 Å². The first-order chi connectivity index (χ1) is 8.51. The molecule has 102 valence electrons. The van der Waals surface area contributed by atoms with Gasteiger partial charge in [-0.2, -0.15) is 0 Å². The highest BCUT2D eigenvalue weighted by atomic mass is 28.4. The van der Waals surface area contributed by atoms with Crippen LogP contribution in [0.5, 0.6) is 5.75 Å². The molecule has 5 heteroatoms. The van der Waals surface area contributed by atoms with Crippen LogP contribution in [0.2, 0.25) is 0 Å². The van der Waals surface area contributed by atoms with Crippen LogP contribution >= 0.6 is 0 Å². The van der Waals surface area contributed by atoms with Gasteiger partial charge < -0.3 is 18.0 Å². The molecule has 0 heterocycles. The molecule has 0 bridgehead atoms. The fourth-order valence-corrected chi connectivity index (χ4v) is 3.83. The summed E-state index contributed by atoms with van der Waals surface area (Å²) < 4.78 is 21.8. The Hall–Kier alpha value is -0.883. The summed E-state index contributed by atoms with van der Waals surface area (Å²) in [4.78, 5) is 0. The summed E-state index contributed by atoms with van der Waals surface area (Å²) in [6, 6.07) is 4.78. The molecule has 4 nitrogen and oxygen atoms in total. The lowest BCUT2D eigenvalue weighted by atomic mass is 10.1. The van der Waals surface area contributed by atoms with Crippen LogP contribution in [-0.2, 0) is 19.3 Å². The zero-order valence-corrected chi connectivity index (χ0v) is 13.0. The Labute approximate surface area is 110 Å². The Morgan fingerprint density at radius 3 is 1.94 bits per heavy atom. The lowest BCUT2D eigenvalue weighted by molar-refractivity contribution is 0.122. The Bertz CT molecular complexity index is 394. The summed E-state index contributed by atoms with van der Waals surface area (Å²) in [6.45, 7) is 4.09. The minimum absolute atomic E-state index is 0.599. The smallest absolute Gasteiger partial charge is 0.496 e. The van der Waals surface area contributed by atoms with Crippen LogP contribution < -0.4 is 4.74 Å². The first kappa shape index (κ1) is 15.2. The SMILES string of the molecule is COc1c(C)cc(C)cc1C[Si](OC)(OC)OC. The van der Waals surface area contributed by atoms with Crippen LogP contribution in [0.15, 0.2) is 12.1 Å². The van der Waals surface area contributed by atoms with Crippen molar-refractivity contribution in [3.05, 3.63) is 28.8 Å². The van der Waals surface area contributed by atoms with E-state index < -0.39 is 8.80 Å². The fraction of sp³-hybridized carbons (Fsp3) is 0.538. The number of rotatable bonds is 6. The molecule has 18 heavy (non-hydrogen) atoms. The highest BCUT2D eigenvalue weighted by Crippen LogP contribution is 2.28. The van der Waals surface area contributed by atoms with Gasteiger partial charge in [-0.25, -0.2) is 0 Å². The van der Waals surface area contributed by atoms with Crippen LogP contribution in [0, 0.1) is 13.8 Å². The molecule has 0 aromatic heterocycles. The second kappa shape index (κ2) is 6.33. The summed E-state index contributed by atoms with van der Waals surface area (Å²) in [6.07, 6.45) is 0. The van der Waals surface area contributed by atoms with Gasteiger partial charge in [0.25, 0.3) is 0 Å². The maximum absolute atomic E-state index is 5.47. The second-order valence-corrected chi connectivity index (χ2v) is 7.19. The summed E-state index contributed by atoms with van der Waals surface area (Å²) in [5.41, 5.74) is 3.36. The zero-order valence-electron chi connectivity index (χ0n) is 12.0. The Morgan fingerprint density at radius 1 is 0.944 bits per heavy atom. The second-order valence-electron chi connectivity index (χ2n) is 4.25. The number of ether oxygens (including phenoxy) is 1. The lowest BCUT2D eigenvalue weighted by Gasteiger charge is -2.25. The summed E-state index contributed by atoms with van der Waals surface area (Å²) in [5.74, 6) is 0.878. The Kier molecular flexibility index (Phi) is 5.34. The van der Waals surface area contributed by atoms with Gasteiger partial charge in [0.05, 0.1) is 7.11 Å².